The number of ether oxygens (including phenoxy) is 3. The maximum atomic E-state index is 12.2. The standard InChI is InChI=1S/C19H19ClO5/c1-3-23-17-10-7-14(11-18(17)24-4-2)19(22)25-12-16(21)13-5-8-15(20)9-6-13/h5-11H,3-4,12H2,1-2H3. The normalized spacial score (nSPS) is 10.2. The molecule has 0 fully saturated rings. The van der Waals surface area contributed by atoms with Crippen LogP contribution in [0.3, 0.4) is 0 Å². The van der Waals surface area contributed by atoms with Crippen molar-refractivity contribution in [2.24, 2.45) is 0 Å². The van der Waals surface area contributed by atoms with Gasteiger partial charge in [-0.15, -0.1) is 0 Å². The lowest BCUT2D eigenvalue weighted by atomic mass is 10.1. The van der Waals surface area contributed by atoms with Crippen molar-refractivity contribution in [2.45, 2.75) is 13.8 Å². The molecule has 5 nitrogen and oxygen atoms in total. The van der Waals surface area contributed by atoms with E-state index in [0.29, 0.717) is 35.3 Å². The summed E-state index contributed by atoms with van der Waals surface area (Å²) in [6.45, 7) is 4.27. The molecule has 0 aliphatic rings. The third-order valence-electron chi connectivity index (χ3n) is 3.28. The van der Waals surface area contributed by atoms with Crippen LogP contribution in [0, 0.1) is 0 Å². The number of hydrogen-bond acceptors (Lipinski definition) is 5. The summed E-state index contributed by atoms with van der Waals surface area (Å²) in [6.07, 6.45) is 0. The van der Waals surface area contributed by atoms with Crippen LogP contribution in [0.4, 0.5) is 0 Å². The van der Waals surface area contributed by atoms with Crippen LogP contribution in [-0.4, -0.2) is 31.6 Å². The quantitative estimate of drug-likeness (QED) is 0.520. The van der Waals surface area contributed by atoms with E-state index in [1.165, 1.54) is 0 Å². The Morgan fingerprint density at radius 3 is 2.12 bits per heavy atom. The van der Waals surface area contributed by atoms with Crippen LogP contribution in [0.15, 0.2) is 42.5 Å². The van der Waals surface area contributed by atoms with Crippen molar-refractivity contribution in [1.29, 1.82) is 0 Å². The summed E-state index contributed by atoms with van der Waals surface area (Å²) in [5.74, 6) is 0.105. The molecule has 0 saturated heterocycles. The Labute approximate surface area is 151 Å². The van der Waals surface area contributed by atoms with Crippen LogP contribution in [0.1, 0.15) is 34.6 Å². The van der Waals surface area contributed by atoms with Gasteiger partial charge in [-0.25, -0.2) is 4.79 Å². The maximum absolute atomic E-state index is 12.2. The molecule has 0 N–H and O–H groups in total. The Hall–Kier alpha value is -2.53. The lowest BCUT2D eigenvalue weighted by Crippen LogP contribution is -2.14. The van der Waals surface area contributed by atoms with Gasteiger partial charge in [-0.2, -0.15) is 0 Å². The molecule has 2 aromatic rings. The number of halogens is 1. The molecule has 25 heavy (non-hydrogen) atoms. The van der Waals surface area contributed by atoms with Crippen LogP contribution in [0.2, 0.25) is 5.02 Å². The summed E-state index contributed by atoms with van der Waals surface area (Å²) in [7, 11) is 0. The number of Topliss-reactive ketones (excluding diaryl/α,β-unsaturated/α-hetero) is 1. The first-order valence-electron chi connectivity index (χ1n) is 7.90. The zero-order valence-corrected chi connectivity index (χ0v) is 14.8. The molecular formula is C19H19ClO5. The van der Waals surface area contributed by atoms with E-state index >= 15 is 0 Å². The highest BCUT2D eigenvalue weighted by molar-refractivity contribution is 6.30. The number of benzene rings is 2. The highest BCUT2D eigenvalue weighted by Crippen LogP contribution is 2.28. The second kappa shape index (κ2) is 9.08. The molecule has 2 aromatic carbocycles. The van der Waals surface area contributed by atoms with E-state index in [2.05, 4.69) is 0 Å². The fourth-order valence-electron chi connectivity index (χ4n) is 2.11. The lowest BCUT2D eigenvalue weighted by Gasteiger charge is -2.12. The highest BCUT2D eigenvalue weighted by atomic mass is 35.5. The first kappa shape index (κ1) is 18.8. The van der Waals surface area contributed by atoms with Gasteiger partial charge in [-0.05, 0) is 56.3 Å². The van der Waals surface area contributed by atoms with E-state index in [-0.39, 0.29) is 18.0 Å². The smallest absolute Gasteiger partial charge is 0.338 e. The fourth-order valence-corrected chi connectivity index (χ4v) is 2.24. The number of esters is 1. The number of carbonyl (C=O) groups is 2. The van der Waals surface area contributed by atoms with Gasteiger partial charge in [0.25, 0.3) is 0 Å². The second-order valence-corrected chi connectivity index (χ2v) is 5.47. The van der Waals surface area contributed by atoms with Crippen molar-refractivity contribution in [3.05, 3.63) is 58.6 Å². The van der Waals surface area contributed by atoms with Crippen molar-refractivity contribution in [3.8, 4) is 11.5 Å². The molecule has 0 saturated carbocycles. The highest BCUT2D eigenvalue weighted by Gasteiger charge is 2.15. The first-order valence-corrected chi connectivity index (χ1v) is 8.28. The topological polar surface area (TPSA) is 61.8 Å². The van der Waals surface area contributed by atoms with Crippen molar-refractivity contribution < 1.29 is 23.8 Å². The summed E-state index contributed by atoms with van der Waals surface area (Å²) in [4.78, 5) is 24.2. The zero-order valence-electron chi connectivity index (χ0n) is 14.1. The van der Waals surface area contributed by atoms with Crippen molar-refractivity contribution in [2.75, 3.05) is 19.8 Å². The Morgan fingerprint density at radius 1 is 0.880 bits per heavy atom. The number of carbonyl (C=O) groups excluding carboxylic acids is 2. The predicted octanol–water partition coefficient (Wildman–Crippen LogP) is 4.18. The van der Waals surface area contributed by atoms with Gasteiger partial charge in [-0.1, -0.05) is 11.6 Å². The van der Waals surface area contributed by atoms with Gasteiger partial charge in [0.2, 0.25) is 0 Å². The van der Waals surface area contributed by atoms with Gasteiger partial charge in [0, 0.05) is 10.6 Å². The molecule has 6 heteroatoms. The number of ketones is 1. The van der Waals surface area contributed by atoms with E-state index in [1.807, 2.05) is 13.8 Å². The maximum Gasteiger partial charge on any atom is 0.338 e. The average molecular weight is 363 g/mol. The second-order valence-electron chi connectivity index (χ2n) is 5.03. The van der Waals surface area contributed by atoms with E-state index < -0.39 is 5.97 Å². The largest absolute Gasteiger partial charge is 0.490 e. The van der Waals surface area contributed by atoms with Crippen molar-refractivity contribution in [3.63, 3.8) is 0 Å². The molecule has 0 atom stereocenters. The number of hydrogen-bond donors (Lipinski definition) is 0. The van der Waals surface area contributed by atoms with Gasteiger partial charge in [0.1, 0.15) is 0 Å². The first-order chi connectivity index (χ1) is 12.0. The summed E-state index contributed by atoms with van der Waals surface area (Å²) >= 11 is 5.78. The van der Waals surface area contributed by atoms with Gasteiger partial charge in [-0.3, -0.25) is 4.79 Å². The molecule has 0 radical (unpaired) electrons. The van der Waals surface area contributed by atoms with E-state index in [4.69, 9.17) is 25.8 Å². The Kier molecular flexibility index (Phi) is 6.83. The van der Waals surface area contributed by atoms with Crippen molar-refractivity contribution >= 4 is 23.4 Å². The molecule has 0 aliphatic carbocycles. The molecule has 0 heterocycles. The summed E-state index contributed by atoms with van der Waals surface area (Å²) in [5.41, 5.74) is 0.717. The van der Waals surface area contributed by atoms with Crippen LogP contribution >= 0.6 is 11.6 Å². The van der Waals surface area contributed by atoms with E-state index in [0.717, 1.165) is 0 Å². The molecule has 0 bridgehead atoms. The molecular weight excluding hydrogens is 344 g/mol. The Morgan fingerprint density at radius 2 is 1.48 bits per heavy atom. The minimum atomic E-state index is -0.605. The third kappa shape index (κ3) is 5.22. The zero-order chi connectivity index (χ0) is 18.2. The van der Waals surface area contributed by atoms with Crippen LogP contribution in [-0.2, 0) is 4.74 Å². The van der Waals surface area contributed by atoms with Gasteiger partial charge in [0.05, 0.1) is 18.8 Å². The van der Waals surface area contributed by atoms with E-state index in [1.54, 1.807) is 42.5 Å². The minimum Gasteiger partial charge on any atom is -0.490 e. The molecule has 2 rings (SSSR count). The Bertz CT molecular complexity index is 740. The number of rotatable bonds is 8. The molecule has 132 valence electrons. The molecule has 0 aliphatic heterocycles. The van der Waals surface area contributed by atoms with Gasteiger partial charge >= 0.3 is 5.97 Å². The van der Waals surface area contributed by atoms with Crippen LogP contribution < -0.4 is 9.47 Å². The fraction of sp³-hybridized carbons (Fsp3) is 0.263. The van der Waals surface area contributed by atoms with Crippen molar-refractivity contribution in [1.82, 2.24) is 0 Å². The van der Waals surface area contributed by atoms with E-state index in [9.17, 15) is 9.59 Å². The minimum absolute atomic E-state index is 0.288. The SMILES string of the molecule is CCOc1ccc(C(=O)OCC(=O)c2ccc(Cl)cc2)cc1OCC. The van der Waals surface area contributed by atoms with Gasteiger partial charge < -0.3 is 14.2 Å². The van der Waals surface area contributed by atoms with Crippen LogP contribution in [0.25, 0.3) is 0 Å². The molecule has 0 spiro atoms. The molecule has 0 unspecified atom stereocenters. The monoisotopic (exact) mass is 362 g/mol. The summed E-state index contributed by atoms with van der Waals surface area (Å²) in [5, 5.41) is 0.534. The van der Waals surface area contributed by atoms with Crippen LogP contribution in [0.5, 0.6) is 11.5 Å². The predicted molar refractivity (Wildman–Crippen MR) is 94.8 cm³/mol. The summed E-state index contributed by atoms with van der Waals surface area (Å²) in [6, 6.07) is 11.2. The molecule has 0 aromatic heterocycles. The third-order valence-corrected chi connectivity index (χ3v) is 3.53. The average Bonchev–Trinajstić information content (AvgIpc) is 2.62. The lowest BCUT2D eigenvalue weighted by molar-refractivity contribution is 0.0474. The Balaban J connectivity index is 2.03. The molecule has 0 amide bonds. The summed E-state index contributed by atoms with van der Waals surface area (Å²) < 4.78 is 16.0. The van der Waals surface area contributed by atoms with Gasteiger partial charge in [0.15, 0.2) is 23.9 Å².